The summed E-state index contributed by atoms with van der Waals surface area (Å²) in [5.41, 5.74) is 0. The third-order valence-electron chi connectivity index (χ3n) is 1.29. The van der Waals surface area contributed by atoms with Gasteiger partial charge in [0.15, 0.2) is 9.96 Å². The molecule has 0 aliphatic rings. The Balaban J connectivity index is 2.90. The van der Waals surface area contributed by atoms with Gasteiger partial charge in [-0.25, -0.2) is 0 Å². The highest BCUT2D eigenvalue weighted by Crippen LogP contribution is 2.29. The van der Waals surface area contributed by atoms with Gasteiger partial charge in [0.1, 0.15) is 0 Å². The lowest BCUT2D eigenvalue weighted by Gasteiger charge is -2.02. The van der Waals surface area contributed by atoms with Crippen LogP contribution in [0.2, 0.25) is 0 Å². The summed E-state index contributed by atoms with van der Waals surface area (Å²) in [5, 5.41) is 1.56. The van der Waals surface area contributed by atoms with E-state index >= 15 is 0 Å². The molecule has 0 aliphatic heterocycles. The third kappa shape index (κ3) is 2.68. The van der Waals surface area contributed by atoms with Crippen molar-refractivity contribution in [1.29, 1.82) is 0 Å². The predicted molar refractivity (Wildman–Crippen MR) is 49.9 cm³/mol. The molecule has 13 heavy (non-hydrogen) atoms. The Hall–Kier alpha value is -0.590. The molecule has 1 N–H and O–H groups in total. The summed E-state index contributed by atoms with van der Waals surface area (Å²) >= 11 is 0.944. The fourth-order valence-electron chi connectivity index (χ4n) is 0.791. The van der Waals surface area contributed by atoms with Gasteiger partial charge in [-0.2, -0.15) is 8.42 Å². The van der Waals surface area contributed by atoms with Gasteiger partial charge in [0, 0.05) is 0 Å². The normalized spacial score (nSPS) is 11.5. The lowest BCUT2D eigenvalue weighted by molar-refractivity contribution is 0.310. The maximum atomic E-state index is 10.8. The van der Waals surface area contributed by atoms with Crippen LogP contribution in [0.4, 0.5) is 0 Å². The Morgan fingerprint density at radius 2 is 2.31 bits per heavy atom. The molecule has 0 atom stereocenters. The zero-order valence-corrected chi connectivity index (χ0v) is 8.69. The predicted octanol–water partition coefficient (Wildman–Crippen LogP) is 1.78. The number of rotatable bonds is 4. The van der Waals surface area contributed by atoms with E-state index in [0.29, 0.717) is 6.61 Å². The summed E-state index contributed by atoms with van der Waals surface area (Å²) in [6.07, 6.45) is 0.792. The van der Waals surface area contributed by atoms with Crippen LogP contribution in [0.5, 0.6) is 5.75 Å². The van der Waals surface area contributed by atoms with Crippen molar-refractivity contribution < 1.29 is 17.7 Å². The molecular weight excluding hydrogens is 212 g/mol. The Kier molecular flexibility index (Phi) is 3.29. The first kappa shape index (κ1) is 10.5. The molecular formula is C7H10O4S2. The smallest absolute Gasteiger partial charge is 0.307 e. The van der Waals surface area contributed by atoms with Crippen LogP contribution in [-0.4, -0.2) is 19.6 Å². The number of thiophene rings is 1. The van der Waals surface area contributed by atoms with Crippen molar-refractivity contribution in [3.63, 3.8) is 0 Å². The number of ether oxygens (including phenoxy) is 1. The quantitative estimate of drug-likeness (QED) is 0.789. The molecule has 0 spiro atoms. The van der Waals surface area contributed by atoms with E-state index in [0.717, 1.165) is 17.8 Å². The lowest BCUT2D eigenvalue weighted by Crippen LogP contribution is -2.00. The second-order valence-corrected chi connectivity index (χ2v) is 4.93. The van der Waals surface area contributed by atoms with Gasteiger partial charge in [0.2, 0.25) is 0 Å². The van der Waals surface area contributed by atoms with Crippen molar-refractivity contribution in [2.24, 2.45) is 0 Å². The van der Waals surface area contributed by atoms with Crippen LogP contribution in [0.25, 0.3) is 0 Å². The first-order chi connectivity index (χ1) is 6.05. The van der Waals surface area contributed by atoms with E-state index < -0.39 is 10.1 Å². The highest BCUT2D eigenvalue weighted by molar-refractivity contribution is 7.88. The Labute approximate surface area is 80.9 Å². The van der Waals surface area contributed by atoms with Crippen LogP contribution in [-0.2, 0) is 10.1 Å². The van der Waals surface area contributed by atoms with Gasteiger partial charge in [0.25, 0.3) is 0 Å². The molecule has 0 unspecified atom stereocenters. The van der Waals surface area contributed by atoms with Gasteiger partial charge in [0.05, 0.1) is 6.61 Å². The van der Waals surface area contributed by atoms with Crippen molar-refractivity contribution in [3.05, 3.63) is 11.4 Å². The van der Waals surface area contributed by atoms with Crippen LogP contribution in [0.15, 0.2) is 15.7 Å². The summed E-state index contributed by atoms with van der Waals surface area (Å²) in [4.78, 5) is 0. The van der Waals surface area contributed by atoms with Crippen LogP contribution >= 0.6 is 11.3 Å². The van der Waals surface area contributed by atoms with Crippen LogP contribution in [0, 0.1) is 0 Å². The summed E-state index contributed by atoms with van der Waals surface area (Å²) in [7, 11) is -4.13. The average molecular weight is 222 g/mol. The zero-order chi connectivity index (χ0) is 9.90. The first-order valence-electron chi connectivity index (χ1n) is 3.73. The van der Waals surface area contributed by atoms with E-state index in [4.69, 9.17) is 9.29 Å². The molecule has 1 rings (SSSR count). The standard InChI is InChI=1S/C7H10O4S2/c1-2-4-11-6-3-5-12-7(6)13(8,9)10/h3,5H,2,4H2,1H3,(H,8,9,10). The SMILES string of the molecule is CCCOc1ccsc1S(=O)(=O)O. The van der Waals surface area contributed by atoms with E-state index in [1.807, 2.05) is 6.92 Å². The monoisotopic (exact) mass is 222 g/mol. The van der Waals surface area contributed by atoms with Crippen molar-refractivity contribution in [3.8, 4) is 5.75 Å². The second-order valence-electron chi connectivity index (χ2n) is 2.40. The molecule has 1 heterocycles. The Morgan fingerprint density at radius 3 is 2.85 bits per heavy atom. The van der Waals surface area contributed by atoms with E-state index in [9.17, 15) is 8.42 Å². The summed E-state index contributed by atoms with van der Waals surface area (Å²) in [5.74, 6) is 0.231. The molecule has 0 aromatic carbocycles. The minimum absolute atomic E-state index is 0.124. The molecule has 0 aliphatic carbocycles. The minimum Gasteiger partial charge on any atom is -0.491 e. The highest BCUT2D eigenvalue weighted by Gasteiger charge is 2.17. The molecule has 4 nitrogen and oxygen atoms in total. The maximum Gasteiger partial charge on any atom is 0.307 e. The fourth-order valence-corrected chi connectivity index (χ4v) is 2.38. The van der Waals surface area contributed by atoms with Gasteiger partial charge in [-0.3, -0.25) is 4.55 Å². The minimum atomic E-state index is -4.13. The summed E-state index contributed by atoms with van der Waals surface area (Å²) in [6.45, 7) is 2.36. The molecule has 0 radical (unpaired) electrons. The lowest BCUT2D eigenvalue weighted by atomic mass is 10.5. The maximum absolute atomic E-state index is 10.8. The molecule has 0 saturated carbocycles. The highest BCUT2D eigenvalue weighted by atomic mass is 32.3. The topological polar surface area (TPSA) is 63.6 Å². The molecule has 0 bridgehead atoms. The van der Waals surface area contributed by atoms with Crippen molar-refractivity contribution in [2.75, 3.05) is 6.61 Å². The van der Waals surface area contributed by atoms with Gasteiger partial charge in [-0.15, -0.1) is 11.3 Å². The average Bonchev–Trinajstić information content (AvgIpc) is 2.47. The van der Waals surface area contributed by atoms with E-state index in [-0.39, 0.29) is 9.96 Å². The molecule has 1 aromatic rings. The van der Waals surface area contributed by atoms with Gasteiger partial charge in [-0.1, -0.05) is 6.92 Å². The zero-order valence-electron chi connectivity index (χ0n) is 7.06. The van der Waals surface area contributed by atoms with Crippen molar-refractivity contribution in [2.45, 2.75) is 17.6 Å². The van der Waals surface area contributed by atoms with Crippen molar-refractivity contribution >= 4 is 21.5 Å². The van der Waals surface area contributed by atoms with Gasteiger partial charge < -0.3 is 4.74 Å². The van der Waals surface area contributed by atoms with Crippen molar-refractivity contribution in [1.82, 2.24) is 0 Å². The second kappa shape index (κ2) is 4.08. The molecule has 0 saturated heterocycles. The largest absolute Gasteiger partial charge is 0.491 e. The molecule has 6 heteroatoms. The molecule has 74 valence electrons. The molecule has 1 aromatic heterocycles. The fraction of sp³-hybridized carbons (Fsp3) is 0.429. The van der Waals surface area contributed by atoms with Gasteiger partial charge >= 0.3 is 10.1 Å². The van der Waals surface area contributed by atoms with Crippen LogP contribution in [0.1, 0.15) is 13.3 Å². The Bertz CT molecular complexity index is 366. The molecule has 0 fully saturated rings. The van der Waals surface area contributed by atoms with E-state index in [1.165, 1.54) is 6.07 Å². The van der Waals surface area contributed by atoms with Crippen LogP contribution in [0.3, 0.4) is 0 Å². The summed E-state index contributed by atoms with van der Waals surface area (Å²) < 4.78 is 35.3. The third-order valence-corrected chi connectivity index (χ3v) is 3.57. The number of hydrogen-bond donors (Lipinski definition) is 1. The van der Waals surface area contributed by atoms with Gasteiger partial charge in [-0.05, 0) is 17.9 Å². The molecule has 0 amide bonds. The first-order valence-corrected chi connectivity index (χ1v) is 6.05. The summed E-state index contributed by atoms with van der Waals surface area (Å²) in [6, 6.07) is 1.53. The van der Waals surface area contributed by atoms with E-state index in [1.54, 1.807) is 5.38 Å². The Morgan fingerprint density at radius 1 is 1.62 bits per heavy atom. The van der Waals surface area contributed by atoms with Crippen LogP contribution < -0.4 is 4.74 Å². The number of hydrogen-bond acceptors (Lipinski definition) is 4. The van der Waals surface area contributed by atoms with E-state index in [2.05, 4.69) is 0 Å².